The van der Waals surface area contributed by atoms with E-state index in [1.165, 1.54) is 0 Å². The van der Waals surface area contributed by atoms with Crippen molar-refractivity contribution in [3.05, 3.63) is 88.0 Å². The number of hydrogen-bond donors (Lipinski definition) is 1. The van der Waals surface area contributed by atoms with Crippen LogP contribution in [0.3, 0.4) is 0 Å². The molecule has 1 aliphatic heterocycles. The van der Waals surface area contributed by atoms with E-state index in [1.807, 2.05) is 30.3 Å². The second kappa shape index (κ2) is 10.1. The Bertz CT molecular complexity index is 1020. The summed E-state index contributed by atoms with van der Waals surface area (Å²) in [6, 6.07) is 18.7. The van der Waals surface area contributed by atoms with Crippen LogP contribution in [-0.2, 0) is 6.54 Å². The minimum absolute atomic E-state index is 0.184. The van der Waals surface area contributed by atoms with Gasteiger partial charge in [-0.3, -0.25) is 9.69 Å². The van der Waals surface area contributed by atoms with Crippen LogP contribution in [0.15, 0.2) is 66.9 Å². The van der Waals surface area contributed by atoms with Crippen molar-refractivity contribution < 1.29 is 4.79 Å². The van der Waals surface area contributed by atoms with Crippen molar-refractivity contribution in [2.75, 3.05) is 36.4 Å². The number of pyridine rings is 1. The third-order valence-electron chi connectivity index (χ3n) is 5.38. The molecule has 0 saturated carbocycles. The van der Waals surface area contributed by atoms with Crippen molar-refractivity contribution in [3.8, 4) is 0 Å². The van der Waals surface area contributed by atoms with Gasteiger partial charge in [-0.05, 0) is 54.4 Å². The molecular weight excluding hydrogens is 431 g/mol. The molecule has 1 fully saturated rings. The van der Waals surface area contributed by atoms with Crippen molar-refractivity contribution >= 4 is 40.6 Å². The molecule has 0 aliphatic carbocycles. The van der Waals surface area contributed by atoms with Gasteiger partial charge < -0.3 is 10.2 Å². The molecule has 4 rings (SSSR count). The normalized spacial score (nSPS) is 14.8. The van der Waals surface area contributed by atoms with Crippen molar-refractivity contribution in [2.45, 2.75) is 13.0 Å². The fourth-order valence-corrected chi connectivity index (χ4v) is 4.00. The van der Waals surface area contributed by atoms with E-state index in [9.17, 15) is 4.79 Å². The quantitative estimate of drug-likeness (QED) is 0.563. The summed E-state index contributed by atoms with van der Waals surface area (Å²) < 4.78 is 0. The van der Waals surface area contributed by atoms with Crippen LogP contribution in [0, 0.1) is 0 Å². The largest absolute Gasteiger partial charge is 0.355 e. The van der Waals surface area contributed by atoms with Crippen LogP contribution < -0.4 is 10.2 Å². The smallest absolute Gasteiger partial charge is 0.255 e. The van der Waals surface area contributed by atoms with Gasteiger partial charge in [0.2, 0.25) is 0 Å². The lowest BCUT2D eigenvalue weighted by atomic mass is 10.2. The molecule has 31 heavy (non-hydrogen) atoms. The van der Waals surface area contributed by atoms with Gasteiger partial charge in [-0.25, -0.2) is 4.98 Å². The number of halogens is 2. The Morgan fingerprint density at radius 1 is 0.935 bits per heavy atom. The van der Waals surface area contributed by atoms with Gasteiger partial charge in [-0.1, -0.05) is 41.4 Å². The molecule has 0 atom stereocenters. The zero-order chi connectivity index (χ0) is 21.6. The Kier molecular flexibility index (Phi) is 7.07. The Morgan fingerprint density at radius 2 is 1.74 bits per heavy atom. The molecule has 0 unspecified atom stereocenters. The van der Waals surface area contributed by atoms with Gasteiger partial charge in [-0.15, -0.1) is 0 Å². The number of anilines is 2. The lowest BCUT2D eigenvalue weighted by Gasteiger charge is -2.23. The van der Waals surface area contributed by atoms with Crippen LogP contribution in [0.4, 0.5) is 11.5 Å². The summed E-state index contributed by atoms with van der Waals surface area (Å²) in [6.45, 7) is 4.67. The molecule has 5 nitrogen and oxygen atoms in total. The zero-order valence-corrected chi connectivity index (χ0v) is 18.6. The number of benzene rings is 2. The standard InChI is InChI=1S/C24H24Cl2N4O/c25-20-8-6-18(7-9-20)24(31)28-21-10-11-23(27-16-21)30-13-3-12-29(14-15-30)17-19-4-1-2-5-22(19)26/h1-2,4-11,16H,3,12-15,17H2,(H,28,31). The highest BCUT2D eigenvalue weighted by Gasteiger charge is 2.17. The van der Waals surface area contributed by atoms with E-state index in [2.05, 4.69) is 26.2 Å². The predicted molar refractivity (Wildman–Crippen MR) is 127 cm³/mol. The van der Waals surface area contributed by atoms with Crippen LogP contribution >= 0.6 is 23.2 Å². The average Bonchev–Trinajstić information content (AvgIpc) is 3.02. The maximum Gasteiger partial charge on any atom is 0.255 e. The first-order chi connectivity index (χ1) is 15.1. The van der Waals surface area contributed by atoms with Crippen molar-refractivity contribution in [1.82, 2.24) is 9.88 Å². The van der Waals surface area contributed by atoms with E-state index in [4.69, 9.17) is 23.2 Å². The Hall–Kier alpha value is -2.60. The van der Waals surface area contributed by atoms with E-state index in [-0.39, 0.29) is 5.91 Å². The Labute approximate surface area is 192 Å². The Balaban J connectivity index is 1.34. The lowest BCUT2D eigenvalue weighted by molar-refractivity contribution is 0.102. The molecule has 2 heterocycles. The van der Waals surface area contributed by atoms with Gasteiger partial charge in [0.1, 0.15) is 5.82 Å². The van der Waals surface area contributed by atoms with Gasteiger partial charge >= 0.3 is 0 Å². The highest BCUT2D eigenvalue weighted by molar-refractivity contribution is 6.31. The van der Waals surface area contributed by atoms with Crippen LogP contribution in [0.25, 0.3) is 0 Å². The molecule has 1 aliphatic rings. The highest BCUT2D eigenvalue weighted by atomic mass is 35.5. The van der Waals surface area contributed by atoms with E-state index in [1.54, 1.807) is 30.5 Å². The number of rotatable bonds is 5. The molecule has 3 aromatic rings. The van der Waals surface area contributed by atoms with Gasteiger partial charge in [0.05, 0.1) is 11.9 Å². The third kappa shape index (κ3) is 5.76. The molecule has 1 amide bonds. The van der Waals surface area contributed by atoms with E-state index in [0.29, 0.717) is 16.3 Å². The topological polar surface area (TPSA) is 48.5 Å². The summed E-state index contributed by atoms with van der Waals surface area (Å²) in [5.74, 6) is 0.736. The first-order valence-corrected chi connectivity index (χ1v) is 11.1. The molecule has 0 spiro atoms. The molecule has 1 N–H and O–H groups in total. The molecule has 160 valence electrons. The van der Waals surface area contributed by atoms with E-state index in [0.717, 1.165) is 55.5 Å². The summed E-state index contributed by atoms with van der Waals surface area (Å²) in [5, 5.41) is 4.30. The number of hydrogen-bond acceptors (Lipinski definition) is 4. The van der Waals surface area contributed by atoms with Gasteiger partial charge in [-0.2, -0.15) is 0 Å². The number of carbonyl (C=O) groups excluding carboxylic acids is 1. The summed E-state index contributed by atoms with van der Waals surface area (Å²) in [6.07, 6.45) is 2.76. The summed E-state index contributed by atoms with van der Waals surface area (Å²) in [7, 11) is 0. The van der Waals surface area contributed by atoms with Gasteiger partial charge in [0.15, 0.2) is 0 Å². The van der Waals surface area contributed by atoms with Gasteiger partial charge in [0.25, 0.3) is 5.91 Å². The lowest BCUT2D eigenvalue weighted by Crippen LogP contribution is -2.31. The van der Waals surface area contributed by atoms with Crippen LogP contribution in [0.5, 0.6) is 0 Å². The summed E-state index contributed by atoms with van der Waals surface area (Å²) in [5.41, 5.74) is 2.38. The first-order valence-electron chi connectivity index (χ1n) is 10.3. The van der Waals surface area contributed by atoms with Crippen LogP contribution in [0.2, 0.25) is 10.0 Å². The number of aromatic nitrogens is 1. The number of carbonyl (C=O) groups is 1. The van der Waals surface area contributed by atoms with Crippen molar-refractivity contribution in [3.63, 3.8) is 0 Å². The molecule has 1 saturated heterocycles. The molecule has 0 radical (unpaired) electrons. The molecule has 2 aromatic carbocycles. The average molecular weight is 455 g/mol. The maximum atomic E-state index is 12.4. The summed E-state index contributed by atoms with van der Waals surface area (Å²) in [4.78, 5) is 21.7. The van der Waals surface area contributed by atoms with Crippen molar-refractivity contribution in [2.24, 2.45) is 0 Å². The molecule has 7 heteroatoms. The minimum atomic E-state index is -0.184. The number of nitrogens with zero attached hydrogens (tertiary/aromatic N) is 3. The monoisotopic (exact) mass is 454 g/mol. The predicted octanol–water partition coefficient (Wildman–Crippen LogP) is 5.35. The third-order valence-corrected chi connectivity index (χ3v) is 6.00. The fraction of sp³-hybridized carbons (Fsp3) is 0.250. The highest BCUT2D eigenvalue weighted by Crippen LogP contribution is 2.20. The fourth-order valence-electron chi connectivity index (χ4n) is 3.68. The number of nitrogens with one attached hydrogen (secondary N) is 1. The van der Waals surface area contributed by atoms with Crippen LogP contribution in [0.1, 0.15) is 22.3 Å². The van der Waals surface area contributed by atoms with E-state index >= 15 is 0 Å². The maximum absolute atomic E-state index is 12.4. The first kappa shape index (κ1) is 21.6. The van der Waals surface area contributed by atoms with Crippen LogP contribution in [-0.4, -0.2) is 42.0 Å². The molecule has 1 aromatic heterocycles. The number of amides is 1. The SMILES string of the molecule is O=C(Nc1ccc(N2CCCN(Cc3ccccc3Cl)CC2)nc1)c1ccc(Cl)cc1. The second-order valence-electron chi connectivity index (χ2n) is 7.57. The summed E-state index contributed by atoms with van der Waals surface area (Å²) >= 11 is 12.2. The minimum Gasteiger partial charge on any atom is -0.355 e. The molecule has 0 bridgehead atoms. The van der Waals surface area contributed by atoms with E-state index < -0.39 is 0 Å². The zero-order valence-electron chi connectivity index (χ0n) is 17.1. The Morgan fingerprint density at radius 3 is 2.48 bits per heavy atom. The second-order valence-corrected chi connectivity index (χ2v) is 8.42. The molecular formula is C24H24Cl2N4O. The van der Waals surface area contributed by atoms with Gasteiger partial charge in [0, 0.05) is 48.3 Å². The van der Waals surface area contributed by atoms with Crippen molar-refractivity contribution in [1.29, 1.82) is 0 Å².